The molecule has 2 aromatic rings. The summed E-state index contributed by atoms with van der Waals surface area (Å²) in [5.74, 6) is -1.04. The van der Waals surface area contributed by atoms with E-state index in [1.165, 1.54) is 17.0 Å². The molecule has 1 aliphatic heterocycles. The van der Waals surface area contributed by atoms with E-state index in [-0.39, 0.29) is 23.4 Å². The lowest BCUT2D eigenvalue weighted by atomic mass is 10.2. The first-order valence-corrected chi connectivity index (χ1v) is 6.79. The Morgan fingerprint density at radius 2 is 2.35 bits per heavy atom. The third-order valence-corrected chi connectivity index (χ3v) is 4.00. The first-order valence-electron chi connectivity index (χ1n) is 5.98. The van der Waals surface area contributed by atoms with Crippen molar-refractivity contribution < 1.29 is 19.0 Å². The Morgan fingerprint density at radius 3 is 3.05 bits per heavy atom. The molecule has 7 heteroatoms. The molecule has 104 valence electrons. The lowest BCUT2D eigenvalue weighted by molar-refractivity contribution is 0.0696. The van der Waals surface area contributed by atoms with E-state index in [0.717, 1.165) is 11.3 Å². The molecule has 1 fully saturated rings. The van der Waals surface area contributed by atoms with Crippen molar-refractivity contribution in [3.05, 3.63) is 35.0 Å². The standard InChI is InChI=1S/C13H11FN2O3S/c14-9-3-1-2-8(6-9)12-15-11(17)10(20-12)13(18)16-4-5-19-7-16/h1-3,6,17H,4-5,7H2. The van der Waals surface area contributed by atoms with Gasteiger partial charge in [-0.1, -0.05) is 12.1 Å². The number of rotatable bonds is 2. The summed E-state index contributed by atoms with van der Waals surface area (Å²) in [6.07, 6.45) is 0. The van der Waals surface area contributed by atoms with Crippen LogP contribution < -0.4 is 0 Å². The number of amides is 1. The Hall–Kier alpha value is -1.99. The van der Waals surface area contributed by atoms with Crippen LogP contribution in [0.5, 0.6) is 5.88 Å². The number of carbonyl (C=O) groups excluding carboxylic acids is 1. The second-order valence-electron chi connectivity index (χ2n) is 4.29. The average Bonchev–Trinajstić information content (AvgIpc) is 3.07. The van der Waals surface area contributed by atoms with Crippen molar-refractivity contribution in [2.75, 3.05) is 19.9 Å². The Kier molecular flexibility index (Phi) is 3.37. The van der Waals surface area contributed by atoms with Crippen molar-refractivity contribution in [1.29, 1.82) is 0 Å². The topological polar surface area (TPSA) is 62.7 Å². The van der Waals surface area contributed by atoms with Gasteiger partial charge in [0.15, 0.2) is 4.88 Å². The quantitative estimate of drug-likeness (QED) is 0.921. The number of aromatic nitrogens is 1. The zero-order valence-electron chi connectivity index (χ0n) is 10.4. The molecule has 0 atom stereocenters. The molecule has 1 aromatic heterocycles. The van der Waals surface area contributed by atoms with Gasteiger partial charge in [0.05, 0.1) is 6.61 Å². The molecule has 1 aliphatic rings. The third kappa shape index (κ3) is 2.37. The molecule has 0 spiro atoms. The minimum Gasteiger partial charge on any atom is -0.492 e. The lowest BCUT2D eigenvalue weighted by Crippen LogP contribution is -2.27. The van der Waals surface area contributed by atoms with Crippen LogP contribution in [0.1, 0.15) is 9.67 Å². The maximum Gasteiger partial charge on any atom is 0.271 e. The van der Waals surface area contributed by atoms with E-state index in [2.05, 4.69) is 4.98 Å². The Balaban J connectivity index is 1.92. The van der Waals surface area contributed by atoms with Crippen LogP contribution in [0, 0.1) is 5.82 Å². The molecule has 0 unspecified atom stereocenters. The minimum atomic E-state index is -0.391. The highest BCUT2D eigenvalue weighted by Gasteiger charge is 2.26. The molecule has 5 nitrogen and oxygen atoms in total. The van der Waals surface area contributed by atoms with E-state index >= 15 is 0 Å². The van der Waals surface area contributed by atoms with Gasteiger partial charge in [0.25, 0.3) is 5.91 Å². The van der Waals surface area contributed by atoms with Gasteiger partial charge in [0.2, 0.25) is 5.88 Å². The number of carbonyl (C=O) groups is 1. The maximum absolute atomic E-state index is 13.2. The number of ether oxygens (including phenoxy) is 1. The Labute approximate surface area is 118 Å². The summed E-state index contributed by atoms with van der Waals surface area (Å²) in [7, 11) is 0. The number of thiazole rings is 1. The largest absolute Gasteiger partial charge is 0.492 e. The molecule has 2 heterocycles. The van der Waals surface area contributed by atoms with Gasteiger partial charge in [-0.2, -0.15) is 0 Å². The summed E-state index contributed by atoms with van der Waals surface area (Å²) in [4.78, 5) is 17.7. The summed E-state index contributed by atoms with van der Waals surface area (Å²) in [6, 6.07) is 5.86. The molecule has 20 heavy (non-hydrogen) atoms. The first-order chi connectivity index (χ1) is 9.65. The van der Waals surface area contributed by atoms with Gasteiger partial charge in [-0.25, -0.2) is 9.37 Å². The van der Waals surface area contributed by atoms with Crippen LogP contribution >= 0.6 is 11.3 Å². The van der Waals surface area contributed by atoms with Crippen LogP contribution in [0.2, 0.25) is 0 Å². The highest BCUT2D eigenvalue weighted by molar-refractivity contribution is 7.17. The van der Waals surface area contributed by atoms with Crippen LogP contribution in [0.25, 0.3) is 10.6 Å². The summed E-state index contributed by atoms with van der Waals surface area (Å²) in [5, 5.41) is 10.2. The van der Waals surface area contributed by atoms with E-state index in [1.54, 1.807) is 12.1 Å². The zero-order valence-corrected chi connectivity index (χ0v) is 11.2. The zero-order chi connectivity index (χ0) is 14.1. The van der Waals surface area contributed by atoms with Gasteiger partial charge in [-0.15, -0.1) is 11.3 Å². The molecular formula is C13H11FN2O3S. The molecule has 0 saturated carbocycles. The SMILES string of the molecule is O=C(c1sc(-c2cccc(F)c2)nc1O)N1CCOC1. The molecule has 1 N–H and O–H groups in total. The summed E-state index contributed by atoms with van der Waals surface area (Å²) < 4.78 is 18.3. The van der Waals surface area contributed by atoms with Gasteiger partial charge in [-0.05, 0) is 12.1 Å². The van der Waals surface area contributed by atoms with Crippen LogP contribution in [0.15, 0.2) is 24.3 Å². The fourth-order valence-electron chi connectivity index (χ4n) is 1.91. The van der Waals surface area contributed by atoms with Gasteiger partial charge in [0.1, 0.15) is 17.6 Å². The second-order valence-corrected chi connectivity index (χ2v) is 5.29. The molecular weight excluding hydrogens is 283 g/mol. The third-order valence-electron chi connectivity index (χ3n) is 2.91. The van der Waals surface area contributed by atoms with Crippen molar-refractivity contribution >= 4 is 17.2 Å². The summed E-state index contributed by atoms with van der Waals surface area (Å²) in [6.45, 7) is 1.19. The number of hydrogen-bond donors (Lipinski definition) is 1. The predicted molar refractivity (Wildman–Crippen MR) is 71.0 cm³/mol. The van der Waals surface area contributed by atoms with Gasteiger partial charge in [0, 0.05) is 12.1 Å². The summed E-state index contributed by atoms with van der Waals surface area (Å²) >= 11 is 1.04. The van der Waals surface area contributed by atoms with E-state index < -0.39 is 5.82 Å². The molecule has 1 aromatic carbocycles. The minimum absolute atomic E-state index is 0.148. The van der Waals surface area contributed by atoms with Gasteiger partial charge >= 0.3 is 0 Å². The van der Waals surface area contributed by atoms with Crippen LogP contribution in [0.4, 0.5) is 4.39 Å². The number of aromatic hydroxyl groups is 1. The van der Waals surface area contributed by atoms with Crippen LogP contribution in [-0.4, -0.2) is 40.8 Å². The van der Waals surface area contributed by atoms with Crippen molar-refractivity contribution in [1.82, 2.24) is 9.88 Å². The molecule has 3 rings (SSSR count). The van der Waals surface area contributed by atoms with Gasteiger partial charge in [-0.3, -0.25) is 4.79 Å². The van der Waals surface area contributed by atoms with Crippen LogP contribution in [0.3, 0.4) is 0 Å². The monoisotopic (exact) mass is 294 g/mol. The van der Waals surface area contributed by atoms with Crippen molar-refractivity contribution in [2.24, 2.45) is 0 Å². The normalized spacial score (nSPS) is 14.8. The van der Waals surface area contributed by atoms with Crippen molar-refractivity contribution in [3.63, 3.8) is 0 Å². The van der Waals surface area contributed by atoms with Crippen LogP contribution in [-0.2, 0) is 4.74 Å². The van der Waals surface area contributed by atoms with E-state index in [1.807, 2.05) is 0 Å². The first kappa shape index (κ1) is 13.0. The van der Waals surface area contributed by atoms with Gasteiger partial charge < -0.3 is 14.7 Å². The molecule has 0 bridgehead atoms. The molecule has 1 saturated heterocycles. The number of nitrogens with zero attached hydrogens (tertiary/aromatic N) is 2. The maximum atomic E-state index is 13.2. The smallest absolute Gasteiger partial charge is 0.271 e. The van der Waals surface area contributed by atoms with E-state index in [0.29, 0.717) is 23.7 Å². The Morgan fingerprint density at radius 1 is 1.50 bits per heavy atom. The number of benzene rings is 1. The molecule has 0 aliphatic carbocycles. The second kappa shape index (κ2) is 5.18. The molecule has 1 amide bonds. The number of halogens is 1. The fourth-order valence-corrected chi connectivity index (χ4v) is 2.84. The van der Waals surface area contributed by atoms with E-state index in [4.69, 9.17) is 4.74 Å². The lowest BCUT2D eigenvalue weighted by Gasteiger charge is -2.11. The van der Waals surface area contributed by atoms with E-state index in [9.17, 15) is 14.3 Å². The average molecular weight is 294 g/mol. The predicted octanol–water partition coefficient (Wildman–Crippen LogP) is 2.08. The number of hydrogen-bond acceptors (Lipinski definition) is 5. The summed E-state index contributed by atoms with van der Waals surface area (Å²) in [5.41, 5.74) is 0.530. The highest BCUT2D eigenvalue weighted by atomic mass is 32.1. The van der Waals surface area contributed by atoms with Crippen molar-refractivity contribution in [3.8, 4) is 16.5 Å². The Bertz CT molecular complexity index is 653. The molecule has 0 radical (unpaired) electrons. The highest BCUT2D eigenvalue weighted by Crippen LogP contribution is 2.33. The van der Waals surface area contributed by atoms with Crippen molar-refractivity contribution in [2.45, 2.75) is 0 Å². The fraction of sp³-hybridized carbons (Fsp3) is 0.231.